The van der Waals surface area contributed by atoms with Crippen LogP contribution in [0.3, 0.4) is 0 Å². The summed E-state index contributed by atoms with van der Waals surface area (Å²) in [5.74, 6) is -0.986. The zero-order valence-corrected chi connectivity index (χ0v) is 13.8. The Labute approximate surface area is 140 Å². The van der Waals surface area contributed by atoms with E-state index in [1.807, 2.05) is 6.92 Å². The van der Waals surface area contributed by atoms with Gasteiger partial charge >= 0.3 is 0 Å². The Morgan fingerprint density at radius 1 is 1.17 bits per heavy atom. The summed E-state index contributed by atoms with van der Waals surface area (Å²) in [6, 6.07) is 8.82. The fraction of sp³-hybridized carbons (Fsp3) is 0.316. The molecule has 1 aliphatic rings. The van der Waals surface area contributed by atoms with Crippen molar-refractivity contribution in [2.75, 3.05) is 19.6 Å². The molecule has 0 saturated carbocycles. The number of hydrogen-bond acceptors (Lipinski definition) is 2. The fourth-order valence-electron chi connectivity index (χ4n) is 3.10. The number of halogens is 2. The molecule has 1 saturated heterocycles. The van der Waals surface area contributed by atoms with Gasteiger partial charge in [-0.15, -0.1) is 0 Å². The van der Waals surface area contributed by atoms with Crippen molar-refractivity contribution in [2.45, 2.75) is 19.9 Å². The maximum Gasteiger partial charge on any atom is 0.254 e. The van der Waals surface area contributed by atoms with E-state index in [-0.39, 0.29) is 17.8 Å². The zero-order chi connectivity index (χ0) is 17.3. The average molecular weight is 330 g/mol. The minimum Gasteiger partial charge on any atom is -0.333 e. The third-order valence-corrected chi connectivity index (χ3v) is 4.46. The number of nitrogens with one attached hydrogen (secondary N) is 1. The number of amides is 1. The van der Waals surface area contributed by atoms with Gasteiger partial charge in [-0.3, -0.25) is 4.79 Å². The molecule has 0 radical (unpaired) electrons. The predicted octanol–water partition coefficient (Wildman–Crippen LogP) is 3.37. The van der Waals surface area contributed by atoms with E-state index in [0.29, 0.717) is 28.8 Å². The van der Waals surface area contributed by atoms with Crippen LogP contribution in [0.2, 0.25) is 0 Å². The minimum atomic E-state index is -0.474. The smallest absolute Gasteiger partial charge is 0.254 e. The third kappa shape index (κ3) is 3.17. The second-order valence-corrected chi connectivity index (χ2v) is 6.21. The normalized spacial score (nSPS) is 17.8. The summed E-state index contributed by atoms with van der Waals surface area (Å²) < 4.78 is 27.8. The van der Waals surface area contributed by atoms with E-state index in [0.717, 1.165) is 13.1 Å². The Morgan fingerprint density at radius 3 is 2.58 bits per heavy atom. The Hall–Kier alpha value is -2.27. The number of benzene rings is 2. The Bertz CT molecular complexity index is 776. The number of rotatable bonds is 2. The monoisotopic (exact) mass is 330 g/mol. The van der Waals surface area contributed by atoms with E-state index in [1.165, 1.54) is 18.2 Å². The van der Waals surface area contributed by atoms with Crippen LogP contribution in [0.25, 0.3) is 11.1 Å². The number of hydrogen-bond donors (Lipinski definition) is 1. The SMILES string of the molecule is Cc1cc(F)ccc1-c1ccc(C(=O)N2CCNCC2C)cc1F. The molecule has 2 aromatic carbocycles. The number of carbonyl (C=O) groups excluding carboxylic acids is 1. The fourth-order valence-corrected chi connectivity index (χ4v) is 3.10. The second-order valence-electron chi connectivity index (χ2n) is 6.21. The van der Waals surface area contributed by atoms with Crippen LogP contribution in [-0.2, 0) is 0 Å². The standard InChI is InChI=1S/C19H20F2N2O/c1-12-9-15(20)4-6-16(12)17-5-3-14(10-18(17)21)19(24)23-8-7-22-11-13(23)2/h3-6,9-10,13,22H,7-8,11H2,1-2H3. The first-order valence-corrected chi connectivity index (χ1v) is 8.05. The van der Waals surface area contributed by atoms with Crippen LogP contribution in [-0.4, -0.2) is 36.5 Å². The molecule has 1 atom stereocenters. The highest BCUT2D eigenvalue weighted by Crippen LogP contribution is 2.27. The molecule has 3 nitrogen and oxygen atoms in total. The van der Waals surface area contributed by atoms with Crippen LogP contribution in [0.4, 0.5) is 8.78 Å². The Balaban J connectivity index is 1.91. The van der Waals surface area contributed by atoms with Crippen molar-refractivity contribution < 1.29 is 13.6 Å². The van der Waals surface area contributed by atoms with Crippen LogP contribution in [0.1, 0.15) is 22.8 Å². The summed E-state index contributed by atoms with van der Waals surface area (Å²) in [7, 11) is 0. The van der Waals surface area contributed by atoms with E-state index < -0.39 is 5.82 Å². The maximum atomic E-state index is 14.6. The molecule has 1 aliphatic heterocycles. The summed E-state index contributed by atoms with van der Waals surface area (Å²) in [4.78, 5) is 14.4. The average Bonchev–Trinajstić information content (AvgIpc) is 2.55. The highest BCUT2D eigenvalue weighted by atomic mass is 19.1. The van der Waals surface area contributed by atoms with Gasteiger partial charge in [0.15, 0.2) is 0 Å². The van der Waals surface area contributed by atoms with Gasteiger partial charge in [0.05, 0.1) is 0 Å². The molecule has 0 aliphatic carbocycles. The highest BCUT2D eigenvalue weighted by molar-refractivity contribution is 5.95. The Morgan fingerprint density at radius 2 is 1.92 bits per heavy atom. The molecule has 2 aromatic rings. The number of nitrogens with zero attached hydrogens (tertiary/aromatic N) is 1. The van der Waals surface area contributed by atoms with Gasteiger partial charge in [0.25, 0.3) is 5.91 Å². The molecule has 126 valence electrons. The lowest BCUT2D eigenvalue weighted by Crippen LogP contribution is -2.52. The molecule has 0 aromatic heterocycles. The predicted molar refractivity (Wildman–Crippen MR) is 89.9 cm³/mol. The van der Waals surface area contributed by atoms with Gasteiger partial charge in [0.2, 0.25) is 0 Å². The number of piperazine rings is 1. The molecule has 24 heavy (non-hydrogen) atoms. The van der Waals surface area contributed by atoms with Gasteiger partial charge in [-0.25, -0.2) is 8.78 Å². The van der Waals surface area contributed by atoms with Gasteiger partial charge < -0.3 is 10.2 Å². The van der Waals surface area contributed by atoms with E-state index in [4.69, 9.17) is 0 Å². The molecule has 0 bridgehead atoms. The minimum absolute atomic E-state index is 0.0772. The van der Waals surface area contributed by atoms with Gasteiger partial charge in [0, 0.05) is 36.8 Å². The van der Waals surface area contributed by atoms with Crippen LogP contribution in [0.15, 0.2) is 36.4 Å². The van der Waals surface area contributed by atoms with Gasteiger partial charge in [-0.1, -0.05) is 12.1 Å². The van der Waals surface area contributed by atoms with Gasteiger partial charge in [-0.2, -0.15) is 0 Å². The van der Waals surface area contributed by atoms with Crippen molar-refractivity contribution in [1.82, 2.24) is 10.2 Å². The zero-order valence-electron chi connectivity index (χ0n) is 13.8. The van der Waals surface area contributed by atoms with Crippen molar-refractivity contribution in [3.63, 3.8) is 0 Å². The number of aryl methyl sites for hydroxylation is 1. The lowest BCUT2D eigenvalue weighted by Gasteiger charge is -2.34. The van der Waals surface area contributed by atoms with Crippen molar-refractivity contribution in [3.05, 3.63) is 59.2 Å². The molecule has 3 rings (SSSR count). The Kier molecular flexibility index (Phi) is 4.62. The van der Waals surface area contributed by atoms with Gasteiger partial charge in [0.1, 0.15) is 11.6 Å². The quantitative estimate of drug-likeness (QED) is 0.916. The summed E-state index contributed by atoms with van der Waals surface area (Å²) >= 11 is 0. The number of carbonyl (C=O) groups is 1. The topological polar surface area (TPSA) is 32.3 Å². The largest absolute Gasteiger partial charge is 0.333 e. The first-order chi connectivity index (χ1) is 11.5. The summed E-state index contributed by atoms with van der Waals surface area (Å²) in [5.41, 5.74) is 1.99. The molecule has 1 heterocycles. The van der Waals surface area contributed by atoms with E-state index in [2.05, 4.69) is 5.32 Å². The van der Waals surface area contributed by atoms with Crippen molar-refractivity contribution in [3.8, 4) is 11.1 Å². The van der Waals surface area contributed by atoms with Crippen molar-refractivity contribution >= 4 is 5.91 Å². The third-order valence-electron chi connectivity index (χ3n) is 4.46. The molecular weight excluding hydrogens is 310 g/mol. The molecule has 1 unspecified atom stereocenters. The van der Waals surface area contributed by atoms with Crippen molar-refractivity contribution in [2.24, 2.45) is 0 Å². The summed E-state index contributed by atoms with van der Waals surface area (Å²) in [6.45, 7) is 5.79. The van der Waals surface area contributed by atoms with Crippen LogP contribution >= 0.6 is 0 Å². The second kappa shape index (κ2) is 6.69. The van der Waals surface area contributed by atoms with Crippen LogP contribution < -0.4 is 5.32 Å². The summed E-state index contributed by atoms with van der Waals surface area (Å²) in [5, 5.41) is 3.22. The molecule has 1 fully saturated rings. The lowest BCUT2D eigenvalue weighted by atomic mass is 9.98. The molecule has 1 N–H and O–H groups in total. The molecular formula is C19H20F2N2O. The first kappa shape index (κ1) is 16.6. The van der Waals surface area contributed by atoms with Crippen LogP contribution in [0.5, 0.6) is 0 Å². The molecule has 1 amide bonds. The highest BCUT2D eigenvalue weighted by Gasteiger charge is 2.24. The first-order valence-electron chi connectivity index (χ1n) is 8.05. The lowest BCUT2D eigenvalue weighted by molar-refractivity contribution is 0.0655. The van der Waals surface area contributed by atoms with Crippen molar-refractivity contribution in [1.29, 1.82) is 0 Å². The van der Waals surface area contributed by atoms with E-state index in [9.17, 15) is 13.6 Å². The molecule has 5 heteroatoms. The van der Waals surface area contributed by atoms with Gasteiger partial charge in [-0.05, 0) is 49.2 Å². The molecule has 0 spiro atoms. The van der Waals surface area contributed by atoms with E-state index in [1.54, 1.807) is 30.0 Å². The maximum absolute atomic E-state index is 14.6. The van der Waals surface area contributed by atoms with E-state index >= 15 is 0 Å². The van der Waals surface area contributed by atoms with Crippen LogP contribution in [0, 0.1) is 18.6 Å². The summed E-state index contributed by atoms with van der Waals surface area (Å²) in [6.07, 6.45) is 0.